The van der Waals surface area contributed by atoms with Crippen molar-refractivity contribution in [1.29, 1.82) is 0 Å². The van der Waals surface area contributed by atoms with Gasteiger partial charge in [-0.1, -0.05) is 71.8 Å². The molecule has 0 spiro atoms. The van der Waals surface area contributed by atoms with Crippen LogP contribution in [0.4, 0.5) is 0 Å². The summed E-state index contributed by atoms with van der Waals surface area (Å²) in [5.74, 6) is 0. The molecule has 4 N–H and O–H groups in total. The van der Waals surface area contributed by atoms with Gasteiger partial charge in [-0.3, -0.25) is 18.3 Å². The molecule has 0 fully saturated rings. The van der Waals surface area contributed by atoms with Crippen molar-refractivity contribution >= 4 is 240 Å². The summed E-state index contributed by atoms with van der Waals surface area (Å²) < 4.78 is 44.7. The van der Waals surface area contributed by atoms with Gasteiger partial charge in [0.05, 0.1) is 0 Å². The summed E-state index contributed by atoms with van der Waals surface area (Å²) in [4.78, 5) is 30.8. The van der Waals surface area contributed by atoms with Crippen molar-refractivity contribution in [1.82, 2.24) is 0 Å². The monoisotopic (exact) mass is 644 g/mol. The van der Waals surface area contributed by atoms with Gasteiger partial charge in [0.1, 0.15) is 0 Å². The summed E-state index contributed by atoms with van der Waals surface area (Å²) in [5, 5.41) is 0. The SMILES string of the molecule is Cc1ccccc1.Cc1ccccc1.O=[PH](O)O[PH](=O)O.O=[PH](O)O[PH](=O)O.[NaH].[NaH].[NaH].[NaH].[NaH].[NaH].[NaH]. The first-order valence-corrected chi connectivity index (χ1v) is 12.4. The molecule has 2 aromatic rings. The molecule has 2 rings (SSSR count). The molecule has 0 aliphatic heterocycles. The number of rotatable bonds is 4. The van der Waals surface area contributed by atoms with E-state index in [0.717, 1.165) is 0 Å². The Labute approximate surface area is 364 Å². The summed E-state index contributed by atoms with van der Waals surface area (Å²) >= 11 is 0. The molecule has 0 bridgehead atoms. The van der Waals surface area contributed by atoms with E-state index in [1.54, 1.807) is 0 Å². The van der Waals surface area contributed by atoms with Crippen molar-refractivity contribution in [3.05, 3.63) is 71.8 Å². The molecule has 0 heterocycles. The molecule has 0 saturated heterocycles. The Bertz CT molecular complexity index is 665. The van der Waals surface area contributed by atoms with Crippen molar-refractivity contribution in [2.24, 2.45) is 0 Å². The van der Waals surface area contributed by atoms with E-state index in [4.69, 9.17) is 19.6 Å². The van der Waals surface area contributed by atoms with E-state index in [0.29, 0.717) is 0 Å². The zero-order valence-electron chi connectivity index (χ0n) is 15.0. The molecule has 0 radical (unpaired) electrons. The third-order valence-corrected chi connectivity index (χ3v) is 5.02. The fourth-order valence-corrected chi connectivity index (χ4v) is 2.41. The molecular formula is C14H31Na7O10P4. The summed E-state index contributed by atoms with van der Waals surface area (Å²) in [6.45, 7) is 4.17. The molecule has 0 amide bonds. The van der Waals surface area contributed by atoms with Crippen molar-refractivity contribution in [2.45, 2.75) is 13.8 Å². The number of hydrogen-bond donors (Lipinski definition) is 4. The van der Waals surface area contributed by atoms with Gasteiger partial charge in [-0.05, 0) is 13.8 Å². The van der Waals surface area contributed by atoms with Gasteiger partial charge >= 0.3 is 240 Å². The number of benzene rings is 2. The van der Waals surface area contributed by atoms with Gasteiger partial charge < -0.3 is 19.6 Å². The van der Waals surface area contributed by atoms with Crippen LogP contribution in [0.15, 0.2) is 60.7 Å². The Morgan fingerprint density at radius 1 is 0.457 bits per heavy atom. The molecule has 174 valence electrons. The van der Waals surface area contributed by atoms with Crippen LogP contribution < -0.4 is 0 Å². The molecule has 2 aromatic carbocycles. The van der Waals surface area contributed by atoms with E-state index in [2.05, 4.69) is 46.7 Å². The van der Waals surface area contributed by atoms with E-state index in [1.807, 2.05) is 36.4 Å². The third-order valence-electron chi connectivity index (χ3n) is 2.23. The second-order valence-corrected chi connectivity index (χ2v) is 8.34. The van der Waals surface area contributed by atoms with Gasteiger partial charge in [-0.15, -0.1) is 0 Å². The Hall–Kier alpha value is 6.12. The first-order chi connectivity index (χ1) is 13.0. The van der Waals surface area contributed by atoms with E-state index in [9.17, 15) is 18.3 Å². The summed E-state index contributed by atoms with van der Waals surface area (Å²) in [6.07, 6.45) is 0. The van der Waals surface area contributed by atoms with Gasteiger partial charge in [-0.2, -0.15) is 0 Å². The predicted octanol–water partition coefficient (Wildman–Crippen LogP) is -1.02. The quantitative estimate of drug-likeness (QED) is 0.239. The van der Waals surface area contributed by atoms with Crippen LogP contribution in [0.2, 0.25) is 0 Å². The zero-order valence-corrected chi connectivity index (χ0v) is 19.0. The van der Waals surface area contributed by atoms with Crippen LogP contribution >= 0.6 is 33.0 Å². The van der Waals surface area contributed by atoms with Crippen molar-refractivity contribution in [3.8, 4) is 0 Å². The maximum atomic E-state index is 9.44. The molecule has 0 saturated carbocycles. The predicted molar refractivity (Wildman–Crippen MR) is 159 cm³/mol. The molecule has 4 unspecified atom stereocenters. The fraction of sp³-hybridized carbons (Fsp3) is 0.143. The molecule has 21 heteroatoms. The van der Waals surface area contributed by atoms with Crippen LogP contribution in [0.5, 0.6) is 0 Å². The second kappa shape index (κ2) is 47.1. The standard InChI is InChI=1S/2C7H8.7Na.2H4O5P2.7H/c2*1-7-5-3-2-4-6-7;;;;;;;;2*1-6(2)5-7(3)4;;;;;;;/h2*2-6H,1H3;;;;;;;;2*6-7H,(H,1,2)(H,3,4);;;;;;;. The van der Waals surface area contributed by atoms with Crippen LogP contribution in [0, 0.1) is 13.8 Å². The van der Waals surface area contributed by atoms with E-state index < -0.39 is 33.0 Å². The van der Waals surface area contributed by atoms with E-state index in [-0.39, 0.29) is 207 Å². The van der Waals surface area contributed by atoms with Gasteiger partial charge in [0, 0.05) is 0 Å². The van der Waals surface area contributed by atoms with Crippen LogP contribution in [0.25, 0.3) is 0 Å². The van der Waals surface area contributed by atoms with Crippen molar-refractivity contribution < 1.29 is 46.5 Å². The van der Waals surface area contributed by atoms with Crippen LogP contribution in [-0.4, -0.2) is 226 Å². The minimum absolute atomic E-state index is 0. The molecular weight excluding hydrogens is 613 g/mol. The molecule has 0 aromatic heterocycles. The molecule has 0 aliphatic carbocycles. The average Bonchev–Trinajstić information content (AvgIpc) is 2.55. The molecule has 35 heavy (non-hydrogen) atoms. The first-order valence-electron chi connectivity index (χ1n) is 7.35. The van der Waals surface area contributed by atoms with Crippen LogP contribution in [0.3, 0.4) is 0 Å². The number of hydrogen-bond acceptors (Lipinski definition) is 6. The Kier molecular flexibility index (Phi) is 86.3. The van der Waals surface area contributed by atoms with Crippen LogP contribution in [-0.2, 0) is 26.9 Å². The van der Waals surface area contributed by atoms with E-state index in [1.165, 1.54) is 11.1 Å². The normalized spacial score (nSPS) is 10.9. The van der Waals surface area contributed by atoms with Gasteiger partial charge in [0.15, 0.2) is 0 Å². The van der Waals surface area contributed by atoms with Gasteiger partial charge in [-0.25, -0.2) is 8.62 Å². The summed E-state index contributed by atoms with van der Waals surface area (Å²) in [7, 11) is -12.8. The van der Waals surface area contributed by atoms with Crippen molar-refractivity contribution in [3.63, 3.8) is 0 Å². The van der Waals surface area contributed by atoms with Gasteiger partial charge in [0.25, 0.3) is 0 Å². The average molecular weight is 644 g/mol. The Balaban J connectivity index is -0.0000000345. The summed E-state index contributed by atoms with van der Waals surface area (Å²) in [5.41, 5.74) is 2.64. The van der Waals surface area contributed by atoms with Crippen molar-refractivity contribution in [2.75, 3.05) is 0 Å². The van der Waals surface area contributed by atoms with E-state index >= 15 is 0 Å². The fourth-order valence-electron chi connectivity index (χ4n) is 1.22. The molecule has 10 nitrogen and oxygen atoms in total. The Morgan fingerprint density at radius 3 is 0.686 bits per heavy atom. The minimum atomic E-state index is -3.20. The second-order valence-electron chi connectivity index (χ2n) is 4.58. The first kappa shape index (κ1) is 64.2. The summed E-state index contributed by atoms with van der Waals surface area (Å²) in [6, 6.07) is 20.5. The molecule has 4 atom stereocenters. The third kappa shape index (κ3) is 64.3. The number of aryl methyl sites for hydroxylation is 2. The molecule has 0 aliphatic rings. The maximum absolute atomic E-state index is 9.44. The topological polar surface area (TPSA) is 168 Å². The Morgan fingerprint density at radius 2 is 0.629 bits per heavy atom. The van der Waals surface area contributed by atoms with Gasteiger partial charge in [0.2, 0.25) is 0 Å². The zero-order chi connectivity index (χ0) is 21.9. The van der Waals surface area contributed by atoms with Crippen LogP contribution in [0.1, 0.15) is 11.1 Å².